The lowest BCUT2D eigenvalue weighted by atomic mass is 10.1. The molecule has 1 aromatic carbocycles. The molecule has 0 N–H and O–H groups in total. The van der Waals surface area contributed by atoms with Crippen LogP contribution in [0.3, 0.4) is 0 Å². The second-order valence-electron chi connectivity index (χ2n) is 6.28. The standard InChI is InChI=1S/C17H21N3O3/c1-12-4-5-13-14(10-12)17(23)20(16(13)22)11-15(21)19-7-3-6-18(2)8-9-19/h4-5,10H,3,6-9,11H2,1-2H3. The van der Waals surface area contributed by atoms with Gasteiger partial charge in [0.2, 0.25) is 5.91 Å². The van der Waals surface area contributed by atoms with Crippen LogP contribution in [0.5, 0.6) is 0 Å². The van der Waals surface area contributed by atoms with E-state index < -0.39 is 0 Å². The average Bonchev–Trinajstić information content (AvgIpc) is 2.69. The lowest BCUT2D eigenvalue weighted by Crippen LogP contribution is -2.43. The van der Waals surface area contributed by atoms with E-state index in [-0.39, 0.29) is 24.3 Å². The van der Waals surface area contributed by atoms with Crippen LogP contribution in [0.4, 0.5) is 0 Å². The highest BCUT2D eigenvalue weighted by atomic mass is 16.2. The van der Waals surface area contributed by atoms with Crippen LogP contribution in [0.2, 0.25) is 0 Å². The summed E-state index contributed by atoms with van der Waals surface area (Å²) in [7, 11) is 2.03. The van der Waals surface area contributed by atoms with Crippen molar-refractivity contribution in [2.24, 2.45) is 0 Å². The summed E-state index contributed by atoms with van der Waals surface area (Å²) in [5.74, 6) is -0.897. The van der Waals surface area contributed by atoms with Gasteiger partial charge >= 0.3 is 0 Å². The van der Waals surface area contributed by atoms with Gasteiger partial charge in [0.1, 0.15) is 6.54 Å². The number of hydrogen-bond donors (Lipinski definition) is 0. The molecule has 1 saturated heterocycles. The molecule has 0 aromatic heterocycles. The first-order valence-corrected chi connectivity index (χ1v) is 7.90. The summed E-state index contributed by atoms with van der Waals surface area (Å²) in [5, 5.41) is 0. The number of aryl methyl sites for hydroxylation is 1. The molecule has 0 radical (unpaired) electrons. The number of fused-ring (bicyclic) bond motifs is 1. The fraction of sp³-hybridized carbons (Fsp3) is 0.471. The number of likely N-dealkylation sites (N-methyl/N-ethyl adjacent to an activating group) is 1. The summed E-state index contributed by atoms with van der Waals surface area (Å²) >= 11 is 0. The third-order valence-corrected chi connectivity index (χ3v) is 4.49. The van der Waals surface area contributed by atoms with Crippen molar-refractivity contribution in [3.63, 3.8) is 0 Å². The predicted octanol–water partition coefficient (Wildman–Crippen LogP) is 0.755. The summed E-state index contributed by atoms with van der Waals surface area (Å²) in [6.07, 6.45) is 0.906. The molecule has 1 aromatic rings. The molecule has 0 unspecified atom stereocenters. The van der Waals surface area contributed by atoms with Gasteiger partial charge in [-0.1, -0.05) is 11.6 Å². The molecule has 0 bridgehead atoms. The zero-order valence-corrected chi connectivity index (χ0v) is 13.5. The minimum atomic E-state index is -0.370. The van der Waals surface area contributed by atoms with Crippen molar-refractivity contribution in [3.8, 4) is 0 Å². The Labute approximate surface area is 135 Å². The van der Waals surface area contributed by atoms with E-state index in [1.54, 1.807) is 23.1 Å². The average molecular weight is 315 g/mol. The molecule has 6 nitrogen and oxygen atoms in total. The topological polar surface area (TPSA) is 60.9 Å². The lowest BCUT2D eigenvalue weighted by molar-refractivity contribution is -0.131. The van der Waals surface area contributed by atoms with E-state index in [4.69, 9.17) is 0 Å². The SMILES string of the molecule is Cc1ccc2c(c1)C(=O)N(CC(=O)N1CCCN(C)CC1)C2=O. The van der Waals surface area contributed by atoms with Crippen molar-refractivity contribution >= 4 is 17.7 Å². The number of hydrogen-bond acceptors (Lipinski definition) is 4. The van der Waals surface area contributed by atoms with Crippen LogP contribution in [-0.4, -0.2) is 72.2 Å². The predicted molar refractivity (Wildman–Crippen MR) is 85.2 cm³/mol. The van der Waals surface area contributed by atoms with Gasteiger partial charge in [0, 0.05) is 19.6 Å². The quantitative estimate of drug-likeness (QED) is 0.756. The van der Waals surface area contributed by atoms with Gasteiger partial charge in [0.25, 0.3) is 11.8 Å². The lowest BCUT2D eigenvalue weighted by Gasteiger charge is -2.23. The Bertz CT molecular complexity index is 671. The number of carbonyl (C=O) groups is 3. The number of carbonyl (C=O) groups excluding carboxylic acids is 3. The third kappa shape index (κ3) is 2.99. The normalized spacial score (nSPS) is 19.0. The van der Waals surface area contributed by atoms with Crippen LogP contribution in [0.1, 0.15) is 32.7 Å². The second kappa shape index (κ2) is 6.12. The van der Waals surface area contributed by atoms with Gasteiger partial charge in [-0.25, -0.2) is 0 Å². The summed E-state index contributed by atoms with van der Waals surface area (Å²) < 4.78 is 0. The number of imide groups is 1. The fourth-order valence-electron chi connectivity index (χ4n) is 3.08. The highest BCUT2D eigenvalue weighted by molar-refractivity contribution is 6.22. The zero-order chi connectivity index (χ0) is 16.6. The Morgan fingerprint density at radius 2 is 1.78 bits per heavy atom. The number of amides is 3. The van der Waals surface area contributed by atoms with Crippen molar-refractivity contribution < 1.29 is 14.4 Å². The van der Waals surface area contributed by atoms with Gasteiger partial charge in [0.15, 0.2) is 0 Å². The molecule has 6 heteroatoms. The minimum Gasteiger partial charge on any atom is -0.340 e. The van der Waals surface area contributed by atoms with Crippen molar-refractivity contribution in [1.82, 2.24) is 14.7 Å². The van der Waals surface area contributed by atoms with Gasteiger partial charge in [0.05, 0.1) is 11.1 Å². The molecule has 2 heterocycles. The van der Waals surface area contributed by atoms with Crippen molar-refractivity contribution in [2.45, 2.75) is 13.3 Å². The molecular weight excluding hydrogens is 294 g/mol. The van der Waals surface area contributed by atoms with Crippen LogP contribution >= 0.6 is 0 Å². The highest BCUT2D eigenvalue weighted by Gasteiger charge is 2.37. The minimum absolute atomic E-state index is 0.161. The summed E-state index contributed by atoms with van der Waals surface area (Å²) in [4.78, 5) is 42.3. The Kier molecular flexibility index (Phi) is 4.17. The Morgan fingerprint density at radius 3 is 2.57 bits per heavy atom. The highest BCUT2D eigenvalue weighted by Crippen LogP contribution is 2.23. The molecule has 2 aliphatic heterocycles. The van der Waals surface area contributed by atoms with Crippen LogP contribution in [0, 0.1) is 6.92 Å². The van der Waals surface area contributed by atoms with E-state index in [1.165, 1.54) is 0 Å². The summed E-state index contributed by atoms with van der Waals surface area (Å²) in [6, 6.07) is 5.18. The molecule has 122 valence electrons. The maximum absolute atomic E-state index is 12.5. The summed E-state index contributed by atoms with van der Waals surface area (Å²) in [6.45, 7) is 4.78. The molecule has 23 heavy (non-hydrogen) atoms. The largest absolute Gasteiger partial charge is 0.340 e. The van der Waals surface area contributed by atoms with Gasteiger partial charge < -0.3 is 9.80 Å². The molecule has 3 rings (SSSR count). The van der Waals surface area contributed by atoms with Gasteiger partial charge in [-0.05, 0) is 39.1 Å². The second-order valence-corrected chi connectivity index (χ2v) is 6.28. The van der Waals surface area contributed by atoms with E-state index >= 15 is 0 Å². The molecule has 0 aliphatic carbocycles. The molecule has 0 saturated carbocycles. The first kappa shape index (κ1) is 15.7. The van der Waals surface area contributed by atoms with Crippen LogP contribution in [0.25, 0.3) is 0 Å². The van der Waals surface area contributed by atoms with Crippen molar-refractivity contribution in [1.29, 1.82) is 0 Å². The van der Waals surface area contributed by atoms with Crippen LogP contribution in [-0.2, 0) is 4.79 Å². The van der Waals surface area contributed by atoms with E-state index in [2.05, 4.69) is 4.90 Å². The van der Waals surface area contributed by atoms with E-state index in [9.17, 15) is 14.4 Å². The molecule has 3 amide bonds. The van der Waals surface area contributed by atoms with E-state index in [0.29, 0.717) is 24.2 Å². The number of nitrogens with zero attached hydrogens (tertiary/aromatic N) is 3. The number of rotatable bonds is 2. The maximum Gasteiger partial charge on any atom is 0.262 e. The Hall–Kier alpha value is -2.21. The van der Waals surface area contributed by atoms with Crippen LogP contribution in [0.15, 0.2) is 18.2 Å². The van der Waals surface area contributed by atoms with Crippen molar-refractivity contribution in [2.75, 3.05) is 39.8 Å². The maximum atomic E-state index is 12.5. The Balaban J connectivity index is 1.72. The van der Waals surface area contributed by atoms with Gasteiger partial charge in [-0.3, -0.25) is 19.3 Å². The van der Waals surface area contributed by atoms with Gasteiger partial charge in [-0.15, -0.1) is 0 Å². The van der Waals surface area contributed by atoms with Gasteiger partial charge in [-0.2, -0.15) is 0 Å². The first-order valence-electron chi connectivity index (χ1n) is 7.90. The monoisotopic (exact) mass is 315 g/mol. The molecule has 1 fully saturated rings. The third-order valence-electron chi connectivity index (χ3n) is 4.49. The molecule has 0 spiro atoms. The molecule has 0 atom stereocenters. The Morgan fingerprint density at radius 1 is 1.04 bits per heavy atom. The van der Waals surface area contributed by atoms with Crippen LogP contribution < -0.4 is 0 Å². The van der Waals surface area contributed by atoms with E-state index in [0.717, 1.165) is 30.0 Å². The number of benzene rings is 1. The molecule has 2 aliphatic rings. The fourth-order valence-corrected chi connectivity index (χ4v) is 3.08. The first-order chi connectivity index (χ1) is 11.0. The zero-order valence-electron chi connectivity index (χ0n) is 13.5. The van der Waals surface area contributed by atoms with E-state index in [1.807, 2.05) is 14.0 Å². The van der Waals surface area contributed by atoms with Crippen molar-refractivity contribution in [3.05, 3.63) is 34.9 Å². The molecular formula is C17H21N3O3. The smallest absolute Gasteiger partial charge is 0.262 e. The summed E-state index contributed by atoms with van der Waals surface area (Å²) in [5.41, 5.74) is 1.72.